The van der Waals surface area contributed by atoms with Gasteiger partial charge >= 0.3 is 0 Å². The first-order valence-corrected chi connectivity index (χ1v) is 6.08. The fourth-order valence-corrected chi connectivity index (χ4v) is 2.59. The molecule has 88 valence electrons. The molecule has 0 bridgehead atoms. The van der Waals surface area contributed by atoms with Crippen LogP contribution in [-0.2, 0) is 0 Å². The summed E-state index contributed by atoms with van der Waals surface area (Å²) in [6.07, 6.45) is 0.138. The quantitative estimate of drug-likeness (QED) is 0.682. The zero-order valence-corrected chi connectivity index (χ0v) is 10.5. The second kappa shape index (κ2) is 3.74. The van der Waals surface area contributed by atoms with Crippen LogP contribution in [0.2, 0.25) is 0 Å². The number of ether oxygens (including phenoxy) is 1. The van der Waals surface area contributed by atoms with Crippen LogP contribution in [0.4, 0.5) is 0 Å². The van der Waals surface area contributed by atoms with Crippen molar-refractivity contribution in [2.24, 2.45) is 0 Å². The van der Waals surface area contributed by atoms with Crippen LogP contribution in [0.5, 0.6) is 5.75 Å². The van der Waals surface area contributed by atoms with Gasteiger partial charge in [0.2, 0.25) is 0 Å². The van der Waals surface area contributed by atoms with E-state index in [2.05, 4.69) is 62.2 Å². The zero-order chi connectivity index (χ0) is 12.0. The van der Waals surface area contributed by atoms with E-state index in [0.29, 0.717) is 6.04 Å². The summed E-state index contributed by atoms with van der Waals surface area (Å²) in [5, 5.41) is 2.58. The van der Waals surface area contributed by atoms with Gasteiger partial charge in [0.15, 0.2) is 0 Å². The molecule has 1 aliphatic heterocycles. The predicted molar refractivity (Wildman–Crippen MR) is 70.2 cm³/mol. The van der Waals surface area contributed by atoms with E-state index in [-0.39, 0.29) is 6.23 Å². The Morgan fingerprint density at radius 3 is 2.65 bits per heavy atom. The molecule has 0 aliphatic carbocycles. The number of hydrogen-bond donors (Lipinski definition) is 0. The van der Waals surface area contributed by atoms with Crippen molar-refractivity contribution in [3.05, 3.63) is 42.0 Å². The fourth-order valence-electron chi connectivity index (χ4n) is 2.59. The van der Waals surface area contributed by atoms with Crippen molar-refractivity contribution in [3.8, 4) is 5.75 Å². The van der Waals surface area contributed by atoms with E-state index in [9.17, 15) is 0 Å². The fraction of sp³-hybridized carbons (Fsp3) is 0.333. The Morgan fingerprint density at radius 1 is 1.06 bits per heavy atom. The van der Waals surface area contributed by atoms with Crippen LogP contribution >= 0.6 is 0 Å². The van der Waals surface area contributed by atoms with E-state index in [4.69, 9.17) is 4.74 Å². The molecule has 0 aromatic heterocycles. The average Bonchev–Trinajstić information content (AvgIpc) is 2.35. The van der Waals surface area contributed by atoms with Crippen LogP contribution in [0.15, 0.2) is 36.4 Å². The summed E-state index contributed by atoms with van der Waals surface area (Å²) in [4.78, 5) is 2.26. The first kappa shape index (κ1) is 10.6. The second-order valence-electron chi connectivity index (χ2n) is 4.76. The molecule has 17 heavy (non-hydrogen) atoms. The summed E-state index contributed by atoms with van der Waals surface area (Å²) in [7, 11) is 2.11. The maximum Gasteiger partial charge on any atom is 0.150 e. The van der Waals surface area contributed by atoms with Crippen molar-refractivity contribution in [2.45, 2.75) is 26.1 Å². The van der Waals surface area contributed by atoms with E-state index in [0.717, 1.165) is 5.75 Å². The summed E-state index contributed by atoms with van der Waals surface area (Å²) < 4.78 is 5.95. The van der Waals surface area contributed by atoms with Gasteiger partial charge in [-0.25, -0.2) is 0 Å². The Morgan fingerprint density at radius 2 is 1.82 bits per heavy atom. The van der Waals surface area contributed by atoms with Gasteiger partial charge in [-0.1, -0.05) is 30.3 Å². The SMILES string of the molecule is C[C@@H]1Oc2ccc3ccccc3c2[C@H](C)N1C. The molecule has 0 spiro atoms. The Bertz CT molecular complexity index is 564. The Hall–Kier alpha value is -1.54. The highest BCUT2D eigenvalue weighted by Gasteiger charge is 2.28. The Kier molecular flexibility index (Phi) is 2.33. The maximum absolute atomic E-state index is 5.95. The van der Waals surface area contributed by atoms with E-state index in [1.54, 1.807) is 0 Å². The molecule has 1 heterocycles. The van der Waals surface area contributed by atoms with Crippen molar-refractivity contribution >= 4 is 10.8 Å². The normalized spacial score (nSPS) is 24.4. The smallest absolute Gasteiger partial charge is 0.150 e. The molecule has 3 rings (SSSR count). The molecule has 0 unspecified atom stereocenters. The van der Waals surface area contributed by atoms with Crippen molar-refractivity contribution in [2.75, 3.05) is 7.05 Å². The molecule has 2 nitrogen and oxygen atoms in total. The second-order valence-corrected chi connectivity index (χ2v) is 4.76. The molecule has 2 heteroatoms. The lowest BCUT2D eigenvalue weighted by molar-refractivity contribution is 0.0111. The molecule has 0 amide bonds. The molecule has 2 aromatic carbocycles. The van der Waals surface area contributed by atoms with Crippen molar-refractivity contribution in [3.63, 3.8) is 0 Å². The van der Waals surface area contributed by atoms with Crippen LogP contribution in [0.1, 0.15) is 25.5 Å². The minimum atomic E-state index is 0.138. The van der Waals surface area contributed by atoms with E-state index < -0.39 is 0 Å². The van der Waals surface area contributed by atoms with E-state index in [1.165, 1.54) is 16.3 Å². The minimum absolute atomic E-state index is 0.138. The highest BCUT2D eigenvalue weighted by atomic mass is 16.5. The van der Waals surface area contributed by atoms with Gasteiger partial charge in [-0.05, 0) is 37.7 Å². The minimum Gasteiger partial charge on any atom is -0.475 e. The Labute approximate surface area is 102 Å². The van der Waals surface area contributed by atoms with Gasteiger partial charge in [0.1, 0.15) is 12.0 Å². The summed E-state index contributed by atoms with van der Waals surface area (Å²) in [5.74, 6) is 1.03. The molecule has 0 fully saturated rings. The van der Waals surface area contributed by atoms with Gasteiger partial charge in [-0.2, -0.15) is 0 Å². The molecular formula is C15H17NO. The Balaban J connectivity index is 2.29. The number of hydrogen-bond acceptors (Lipinski definition) is 2. The van der Waals surface area contributed by atoms with Crippen LogP contribution in [0.3, 0.4) is 0 Å². The van der Waals surface area contributed by atoms with Crippen LogP contribution in [0, 0.1) is 0 Å². The number of benzene rings is 2. The topological polar surface area (TPSA) is 12.5 Å². The van der Waals surface area contributed by atoms with Gasteiger partial charge in [0.25, 0.3) is 0 Å². The third-order valence-corrected chi connectivity index (χ3v) is 3.83. The lowest BCUT2D eigenvalue weighted by atomic mass is 9.96. The maximum atomic E-state index is 5.95. The summed E-state index contributed by atoms with van der Waals surface area (Å²) in [6.45, 7) is 4.33. The molecular weight excluding hydrogens is 210 g/mol. The first-order chi connectivity index (χ1) is 8.18. The van der Waals surface area contributed by atoms with E-state index in [1.807, 2.05) is 0 Å². The van der Waals surface area contributed by atoms with Crippen LogP contribution < -0.4 is 4.74 Å². The molecule has 1 aliphatic rings. The summed E-state index contributed by atoms with van der Waals surface area (Å²) in [6, 6.07) is 13.1. The molecule has 2 aromatic rings. The predicted octanol–water partition coefficient (Wildman–Crippen LogP) is 3.57. The summed E-state index contributed by atoms with van der Waals surface area (Å²) in [5.41, 5.74) is 1.31. The number of rotatable bonds is 0. The van der Waals surface area contributed by atoms with Crippen molar-refractivity contribution < 1.29 is 4.74 Å². The van der Waals surface area contributed by atoms with Gasteiger partial charge in [0, 0.05) is 11.6 Å². The van der Waals surface area contributed by atoms with Crippen molar-refractivity contribution in [1.29, 1.82) is 0 Å². The molecule has 0 saturated heterocycles. The lowest BCUT2D eigenvalue weighted by Gasteiger charge is -2.38. The molecule has 2 atom stereocenters. The van der Waals surface area contributed by atoms with Gasteiger partial charge in [-0.3, -0.25) is 4.90 Å². The van der Waals surface area contributed by atoms with Gasteiger partial charge in [0.05, 0.1) is 0 Å². The van der Waals surface area contributed by atoms with Gasteiger partial charge < -0.3 is 4.74 Å². The van der Waals surface area contributed by atoms with Crippen LogP contribution in [-0.4, -0.2) is 18.2 Å². The van der Waals surface area contributed by atoms with Crippen LogP contribution in [0.25, 0.3) is 10.8 Å². The third-order valence-electron chi connectivity index (χ3n) is 3.83. The first-order valence-electron chi connectivity index (χ1n) is 6.08. The largest absolute Gasteiger partial charge is 0.475 e. The van der Waals surface area contributed by atoms with E-state index >= 15 is 0 Å². The number of fused-ring (bicyclic) bond motifs is 3. The highest BCUT2D eigenvalue weighted by molar-refractivity contribution is 5.88. The standard InChI is InChI=1S/C15H17NO/c1-10-15-13-7-5-4-6-12(13)8-9-14(15)17-11(2)16(10)3/h4-11H,1-3H3/t10-,11-/m0/s1. The molecule has 0 N–H and O–H groups in total. The lowest BCUT2D eigenvalue weighted by Crippen LogP contribution is -2.39. The monoisotopic (exact) mass is 227 g/mol. The summed E-state index contributed by atoms with van der Waals surface area (Å²) >= 11 is 0. The number of nitrogens with zero attached hydrogens (tertiary/aromatic N) is 1. The molecule has 0 radical (unpaired) electrons. The average molecular weight is 227 g/mol. The van der Waals surface area contributed by atoms with Crippen molar-refractivity contribution in [1.82, 2.24) is 4.90 Å². The third kappa shape index (κ3) is 1.52. The highest BCUT2D eigenvalue weighted by Crippen LogP contribution is 2.39. The van der Waals surface area contributed by atoms with Gasteiger partial charge in [-0.15, -0.1) is 0 Å². The zero-order valence-electron chi connectivity index (χ0n) is 10.5. The molecule has 0 saturated carbocycles.